The summed E-state index contributed by atoms with van der Waals surface area (Å²) >= 11 is 0. The first-order valence-corrected chi connectivity index (χ1v) is 8.79. The van der Waals surface area contributed by atoms with Crippen molar-refractivity contribution < 1.29 is 4.79 Å². The van der Waals surface area contributed by atoms with Crippen LogP contribution in [0.3, 0.4) is 0 Å². The molecular formula is C19H31N3O. The zero-order valence-electron chi connectivity index (χ0n) is 14.7. The van der Waals surface area contributed by atoms with Gasteiger partial charge in [0.1, 0.15) is 0 Å². The third kappa shape index (κ3) is 5.33. The Morgan fingerprint density at radius 3 is 2.70 bits per heavy atom. The fourth-order valence-electron chi connectivity index (χ4n) is 3.14. The smallest absolute Gasteiger partial charge is 0.224 e. The molecule has 0 saturated carbocycles. The number of nitrogens with two attached hydrogens (primary N) is 1. The lowest BCUT2D eigenvalue weighted by Crippen LogP contribution is -2.38. The van der Waals surface area contributed by atoms with E-state index in [1.54, 1.807) is 0 Å². The summed E-state index contributed by atoms with van der Waals surface area (Å²) in [6.07, 6.45) is 2.62. The van der Waals surface area contributed by atoms with Gasteiger partial charge in [-0.15, -0.1) is 0 Å². The number of carbonyl (C=O) groups excluding carboxylic acids is 1. The van der Waals surface area contributed by atoms with Crippen molar-refractivity contribution in [3.05, 3.63) is 35.4 Å². The molecule has 1 aromatic carbocycles. The second-order valence-corrected chi connectivity index (χ2v) is 7.12. The van der Waals surface area contributed by atoms with Gasteiger partial charge >= 0.3 is 0 Å². The van der Waals surface area contributed by atoms with E-state index in [9.17, 15) is 4.79 Å². The van der Waals surface area contributed by atoms with Crippen molar-refractivity contribution >= 4 is 5.91 Å². The standard InChI is InChI=1S/C19H31N3O/c1-14-7-6-10-22(12-14)13-18-9-5-4-8-17(18)11-21-19(23)15(2)16(3)20/h4-5,8-9,14-16H,6-7,10-13,20H2,1-3H3,(H,21,23). The number of amides is 1. The number of nitrogens with one attached hydrogen (secondary N) is 1. The van der Waals surface area contributed by atoms with Crippen molar-refractivity contribution in [1.29, 1.82) is 0 Å². The van der Waals surface area contributed by atoms with Crippen LogP contribution in [0.1, 0.15) is 44.7 Å². The molecule has 1 fully saturated rings. The molecular weight excluding hydrogens is 286 g/mol. The highest BCUT2D eigenvalue weighted by molar-refractivity contribution is 5.78. The molecule has 4 nitrogen and oxygen atoms in total. The number of likely N-dealkylation sites (tertiary alicyclic amines) is 1. The third-order valence-electron chi connectivity index (χ3n) is 4.91. The zero-order valence-corrected chi connectivity index (χ0v) is 14.7. The van der Waals surface area contributed by atoms with E-state index in [1.165, 1.54) is 37.1 Å². The monoisotopic (exact) mass is 317 g/mol. The van der Waals surface area contributed by atoms with Crippen LogP contribution in [-0.4, -0.2) is 29.9 Å². The molecule has 0 aliphatic carbocycles. The van der Waals surface area contributed by atoms with Crippen LogP contribution in [0.15, 0.2) is 24.3 Å². The fourth-order valence-corrected chi connectivity index (χ4v) is 3.14. The number of rotatable bonds is 6. The summed E-state index contributed by atoms with van der Waals surface area (Å²) in [5, 5.41) is 3.03. The lowest BCUT2D eigenvalue weighted by Gasteiger charge is -2.31. The van der Waals surface area contributed by atoms with Crippen LogP contribution in [0.4, 0.5) is 0 Å². The van der Waals surface area contributed by atoms with Gasteiger partial charge in [0.25, 0.3) is 0 Å². The van der Waals surface area contributed by atoms with E-state index in [4.69, 9.17) is 5.73 Å². The van der Waals surface area contributed by atoms with Gasteiger partial charge in [0.2, 0.25) is 5.91 Å². The SMILES string of the molecule is CC1CCCN(Cc2ccccc2CNC(=O)C(C)C(C)N)C1. The molecule has 23 heavy (non-hydrogen) atoms. The van der Waals surface area contributed by atoms with E-state index >= 15 is 0 Å². The van der Waals surface area contributed by atoms with Crippen LogP contribution >= 0.6 is 0 Å². The molecule has 3 atom stereocenters. The van der Waals surface area contributed by atoms with Gasteiger partial charge in [-0.25, -0.2) is 0 Å². The Bertz CT molecular complexity index is 515. The van der Waals surface area contributed by atoms with Gasteiger partial charge in [0, 0.05) is 31.6 Å². The van der Waals surface area contributed by atoms with Crippen molar-refractivity contribution in [2.75, 3.05) is 13.1 Å². The summed E-state index contributed by atoms with van der Waals surface area (Å²) < 4.78 is 0. The van der Waals surface area contributed by atoms with Gasteiger partial charge in [-0.3, -0.25) is 9.69 Å². The number of hydrogen-bond donors (Lipinski definition) is 2. The number of carbonyl (C=O) groups is 1. The average Bonchev–Trinajstić information content (AvgIpc) is 2.53. The van der Waals surface area contributed by atoms with E-state index in [0.29, 0.717) is 6.54 Å². The molecule has 3 unspecified atom stereocenters. The summed E-state index contributed by atoms with van der Waals surface area (Å²) in [5.41, 5.74) is 8.32. The highest BCUT2D eigenvalue weighted by Gasteiger charge is 2.19. The van der Waals surface area contributed by atoms with E-state index in [1.807, 2.05) is 19.9 Å². The largest absolute Gasteiger partial charge is 0.352 e. The van der Waals surface area contributed by atoms with Gasteiger partial charge in [0.05, 0.1) is 0 Å². The normalized spacial score (nSPS) is 21.7. The molecule has 0 aromatic heterocycles. The first-order valence-electron chi connectivity index (χ1n) is 8.79. The molecule has 4 heteroatoms. The van der Waals surface area contributed by atoms with Crippen LogP contribution < -0.4 is 11.1 Å². The van der Waals surface area contributed by atoms with Crippen molar-refractivity contribution in [2.24, 2.45) is 17.6 Å². The molecule has 1 aliphatic heterocycles. The zero-order chi connectivity index (χ0) is 16.8. The first-order chi connectivity index (χ1) is 11.0. The lowest BCUT2D eigenvalue weighted by atomic mass is 9.98. The van der Waals surface area contributed by atoms with Crippen molar-refractivity contribution in [3.63, 3.8) is 0 Å². The van der Waals surface area contributed by atoms with Crippen LogP contribution in [-0.2, 0) is 17.9 Å². The molecule has 1 aliphatic rings. The van der Waals surface area contributed by atoms with E-state index in [-0.39, 0.29) is 17.9 Å². The van der Waals surface area contributed by atoms with Crippen molar-refractivity contribution in [1.82, 2.24) is 10.2 Å². The molecule has 0 radical (unpaired) electrons. The molecule has 1 heterocycles. The first kappa shape index (κ1) is 18.0. The maximum Gasteiger partial charge on any atom is 0.224 e. The summed E-state index contributed by atoms with van der Waals surface area (Å²) in [6, 6.07) is 8.28. The van der Waals surface area contributed by atoms with E-state index in [0.717, 1.165) is 12.5 Å². The average molecular weight is 317 g/mol. The fraction of sp³-hybridized carbons (Fsp3) is 0.632. The lowest BCUT2D eigenvalue weighted by molar-refractivity contribution is -0.125. The molecule has 1 aromatic rings. The minimum atomic E-state index is -0.162. The maximum atomic E-state index is 12.1. The number of benzene rings is 1. The Morgan fingerprint density at radius 2 is 2.04 bits per heavy atom. The van der Waals surface area contributed by atoms with Gasteiger partial charge in [0.15, 0.2) is 0 Å². The predicted octanol–water partition coefficient (Wildman–Crippen LogP) is 2.52. The summed E-state index contributed by atoms with van der Waals surface area (Å²) in [6.45, 7) is 9.97. The highest BCUT2D eigenvalue weighted by atomic mass is 16.1. The van der Waals surface area contributed by atoms with Crippen LogP contribution in [0.2, 0.25) is 0 Å². The minimum absolute atomic E-state index is 0.0291. The van der Waals surface area contributed by atoms with Crippen molar-refractivity contribution in [2.45, 2.75) is 52.7 Å². The number of hydrogen-bond acceptors (Lipinski definition) is 3. The third-order valence-corrected chi connectivity index (χ3v) is 4.91. The topological polar surface area (TPSA) is 58.4 Å². The van der Waals surface area contributed by atoms with Gasteiger partial charge in [-0.05, 0) is 43.4 Å². The van der Waals surface area contributed by atoms with E-state index < -0.39 is 0 Å². The molecule has 0 spiro atoms. The Balaban J connectivity index is 1.96. The van der Waals surface area contributed by atoms with Gasteiger partial charge in [-0.2, -0.15) is 0 Å². The highest BCUT2D eigenvalue weighted by Crippen LogP contribution is 2.19. The maximum absolute atomic E-state index is 12.1. The van der Waals surface area contributed by atoms with Gasteiger partial charge < -0.3 is 11.1 Å². The predicted molar refractivity (Wildman–Crippen MR) is 94.8 cm³/mol. The molecule has 3 N–H and O–H groups in total. The number of piperidine rings is 1. The quantitative estimate of drug-likeness (QED) is 0.847. The van der Waals surface area contributed by atoms with Gasteiger partial charge in [-0.1, -0.05) is 38.1 Å². The van der Waals surface area contributed by atoms with Crippen molar-refractivity contribution in [3.8, 4) is 0 Å². The van der Waals surface area contributed by atoms with Crippen LogP contribution in [0, 0.1) is 11.8 Å². The molecule has 128 valence electrons. The number of nitrogens with zero attached hydrogens (tertiary/aromatic N) is 1. The Kier molecular flexibility index (Phi) is 6.60. The molecule has 1 amide bonds. The molecule has 1 saturated heterocycles. The molecule has 2 rings (SSSR count). The molecule has 0 bridgehead atoms. The van der Waals surface area contributed by atoms with Crippen LogP contribution in [0.25, 0.3) is 0 Å². The Morgan fingerprint density at radius 1 is 1.35 bits per heavy atom. The summed E-state index contributed by atoms with van der Waals surface area (Å²) in [4.78, 5) is 14.6. The minimum Gasteiger partial charge on any atom is -0.352 e. The van der Waals surface area contributed by atoms with Crippen LogP contribution in [0.5, 0.6) is 0 Å². The Hall–Kier alpha value is -1.39. The summed E-state index contributed by atoms with van der Waals surface area (Å²) in [5.74, 6) is 0.647. The second kappa shape index (κ2) is 8.46. The van der Waals surface area contributed by atoms with E-state index in [2.05, 4.69) is 35.3 Å². The second-order valence-electron chi connectivity index (χ2n) is 7.12. The Labute approximate surface area is 140 Å². The summed E-state index contributed by atoms with van der Waals surface area (Å²) in [7, 11) is 0.